The standard InChI is InChI=1S/C12H17Br/c13-2-1-12-6-9-3-10(7-12)5-11(4-9)8-12/h1-2,9-11H,3-8H2. The van der Waals surface area contributed by atoms with Crippen LogP contribution in [0, 0.1) is 23.2 Å². The second-order valence-electron chi connectivity index (χ2n) is 5.57. The smallest absolute Gasteiger partial charge is 0.0102 e. The van der Waals surface area contributed by atoms with Crippen LogP contribution in [0.25, 0.3) is 0 Å². The molecule has 0 unspecified atom stereocenters. The van der Waals surface area contributed by atoms with E-state index in [1.54, 1.807) is 19.3 Å². The maximum Gasteiger partial charge on any atom is -0.0102 e. The first-order valence-corrected chi connectivity index (χ1v) is 6.49. The highest BCUT2D eigenvalue weighted by atomic mass is 79.9. The van der Waals surface area contributed by atoms with E-state index in [9.17, 15) is 0 Å². The lowest BCUT2D eigenvalue weighted by Gasteiger charge is -2.55. The molecule has 4 rings (SSSR count). The van der Waals surface area contributed by atoms with Crippen molar-refractivity contribution in [2.24, 2.45) is 23.2 Å². The fourth-order valence-electron chi connectivity index (χ4n) is 4.52. The number of hydrogen-bond acceptors (Lipinski definition) is 0. The largest absolute Gasteiger partial charge is 0.0713 e. The first kappa shape index (κ1) is 8.52. The zero-order chi connectivity index (χ0) is 8.89. The Labute approximate surface area is 88.9 Å². The van der Waals surface area contributed by atoms with E-state index in [-0.39, 0.29) is 0 Å². The van der Waals surface area contributed by atoms with Crippen molar-refractivity contribution >= 4 is 15.9 Å². The summed E-state index contributed by atoms with van der Waals surface area (Å²) in [7, 11) is 0. The molecular weight excluding hydrogens is 224 g/mol. The normalized spacial score (nSPS) is 53.5. The lowest BCUT2D eigenvalue weighted by Crippen LogP contribution is -2.44. The van der Waals surface area contributed by atoms with Gasteiger partial charge >= 0.3 is 0 Å². The third-order valence-electron chi connectivity index (χ3n) is 4.50. The molecule has 13 heavy (non-hydrogen) atoms. The molecule has 0 aromatic rings. The lowest BCUT2D eigenvalue weighted by atomic mass is 9.50. The molecule has 0 aromatic carbocycles. The maximum absolute atomic E-state index is 3.46. The summed E-state index contributed by atoms with van der Waals surface area (Å²) in [6.45, 7) is 0. The molecule has 0 aromatic heterocycles. The molecular formula is C12H17Br. The first-order valence-electron chi connectivity index (χ1n) is 5.58. The van der Waals surface area contributed by atoms with Gasteiger partial charge in [0.05, 0.1) is 0 Å². The average Bonchev–Trinajstić information content (AvgIpc) is 2.00. The van der Waals surface area contributed by atoms with Crippen molar-refractivity contribution < 1.29 is 0 Å². The summed E-state index contributed by atoms with van der Waals surface area (Å²) >= 11 is 3.46. The minimum atomic E-state index is 0.623. The predicted octanol–water partition coefficient (Wildman–Crippen LogP) is 4.11. The summed E-state index contributed by atoms with van der Waals surface area (Å²) in [5, 5.41) is 0. The van der Waals surface area contributed by atoms with Gasteiger partial charge in [0, 0.05) is 0 Å². The summed E-state index contributed by atoms with van der Waals surface area (Å²) in [5.41, 5.74) is 0.623. The quantitative estimate of drug-likeness (QED) is 0.648. The molecule has 1 heteroatoms. The van der Waals surface area contributed by atoms with Crippen molar-refractivity contribution in [3.63, 3.8) is 0 Å². The minimum absolute atomic E-state index is 0.623. The second-order valence-corrected chi connectivity index (χ2v) is 6.10. The van der Waals surface area contributed by atoms with Crippen molar-refractivity contribution in [1.82, 2.24) is 0 Å². The van der Waals surface area contributed by atoms with Gasteiger partial charge in [-0.25, -0.2) is 0 Å². The maximum atomic E-state index is 3.46. The van der Waals surface area contributed by atoms with Crippen molar-refractivity contribution in [2.75, 3.05) is 0 Å². The zero-order valence-electron chi connectivity index (χ0n) is 8.01. The van der Waals surface area contributed by atoms with Gasteiger partial charge in [-0.15, -0.1) is 0 Å². The second kappa shape index (κ2) is 2.85. The number of hydrogen-bond donors (Lipinski definition) is 0. The lowest BCUT2D eigenvalue weighted by molar-refractivity contribution is -0.0236. The average molecular weight is 241 g/mol. The van der Waals surface area contributed by atoms with E-state index in [1.165, 1.54) is 19.3 Å². The molecule has 0 aliphatic heterocycles. The van der Waals surface area contributed by atoms with Crippen LogP contribution < -0.4 is 0 Å². The summed E-state index contributed by atoms with van der Waals surface area (Å²) in [4.78, 5) is 2.11. The van der Waals surface area contributed by atoms with Crippen molar-refractivity contribution in [1.29, 1.82) is 0 Å². The SMILES string of the molecule is BrC=CC12CC3CC(CC(C3)C1)C2. The monoisotopic (exact) mass is 240 g/mol. The molecule has 0 saturated heterocycles. The van der Waals surface area contributed by atoms with E-state index >= 15 is 0 Å². The molecule has 0 spiro atoms. The molecule has 0 amide bonds. The van der Waals surface area contributed by atoms with E-state index in [1.807, 2.05) is 0 Å². The third kappa shape index (κ3) is 1.31. The van der Waals surface area contributed by atoms with Crippen molar-refractivity contribution in [2.45, 2.75) is 38.5 Å². The fraction of sp³-hybridized carbons (Fsp3) is 0.833. The van der Waals surface area contributed by atoms with Gasteiger partial charge in [0.25, 0.3) is 0 Å². The Morgan fingerprint density at radius 1 is 0.923 bits per heavy atom. The number of rotatable bonds is 1. The Balaban J connectivity index is 1.91. The Morgan fingerprint density at radius 3 is 1.77 bits per heavy atom. The van der Waals surface area contributed by atoms with E-state index in [2.05, 4.69) is 27.0 Å². The molecule has 4 aliphatic carbocycles. The highest BCUT2D eigenvalue weighted by Gasteiger charge is 2.49. The topological polar surface area (TPSA) is 0 Å². The van der Waals surface area contributed by atoms with E-state index in [4.69, 9.17) is 0 Å². The molecule has 0 N–H and O–H groups in total. The highest BCUT2D eigenvalue weighted by Crippen LogP contribution is 2.60. The number of halogens is 1. The molecule has 4 bridgehead atoms. The molecule has 0 atom stereocenters. The fourth-order valence-corrected chi connectivity index (χ4v) is 5.08. The molecule has 0 radical (unpaired) electrons. The molecule has 4 saturated carbocycles. The molecule has 4 fully saturated rings. The molecule has 0 nitrogen and oxygen atoms in total. The molecule has 4 aliphatic rings. The third-order valence-corrected chi connectivity index (χ3v) is 4.77. The van der Waals surface area contributed by atoms with Crippen molar-refractivity contribution in [3.8, 4) is 0 Å². The predicted molar refractivity (Wildman–Crippen MR) is 58.7 cm³/mol. The Kier molecular flexibility index (Phi) is 1.87. The van der Waals surface area contributed by atoms with Crippen LogP contribution >= 0.6 is 15.9 Å². The van der Waals surface area contributed by atoms with Crippen LogP contribution in [0.4, 0.5) is 0 Å². The summed E-state index contributed by atoms with van der Waals surface area (Å²) in [5.74, 6) is 3.24. The van der Waals surface area contributed by atoms with Crippen LogP contribution in [0.15, 0.2) is 11.1 Å². The van der Waals surface area contributed by atoms with Gasteiger partial charge in [-0.1, -0.05) is 22.0 Å². The Hall–Kier alpha value is 0.220. The molecule has 0 heterocycles. The van der Waals surface area contributed by atoms with Crippen LogP contribution in [0.2, 0.25) is 0 Å². The van der Waals surface area contributed by atoms with Crippen LogP contribution in [-0.4, -0.2) is 0 Å². The van der Waals surface area contributed by atoms with Crippen LogP contribution in [0.5, 0.6) is 0 Å². The van der Waals surface area contributed by atoms with Gasteiger partial charge in [0.2, 0.25) is 0 Å². The van der Waals surface area contributed by atoms with Gasteiger partial charge in [-0.2, -0.15) is 0 Å². The van der Waals surface area contributed by atoms with Crippen molar-refractivity contribution in [3.05, 3.63) is 11.1 Å². The van der Waals surface area contributed by atoms with Gasteiger partial charge in [-0.05, 0) is 66.7 Å². The minimum Gasteiger partial charge on any atom is -0.0713 e. The molecule has 72 valence electrons. The van der Waals surface area contributed by atoms with E-state index < -0.39 is 0 Å². The van der Waals surface area contributed by atoms with Gasteiger partial charge < -0.3 is 0 Å². The summed E-state index contributed by atoms with van der Waals surface area (Å²) in [6, 6.07) is 0. The van der Waals surface area contributed by atoms with E-state index in [0.717, 1.165) is 17.8 Å². The van der Waals surface area contributed by atoms with Gasteiger partial charge in [-0.3, -0.25) is 0 Å². The van der Waals surface area contributed by atoms with Crippen LogP contribution in [0.1, 0.15) is 38.5 Å². The van der Waals surface area contributed by atoms with Crippen LogP contribution in [-0.2, 0) is 0 Å². The van der Waals surface area contributed by atoms with Gasteiger partial charge in [0.15, 0.2) is 0 Å². The summed E-state index contributed by atoms with van der Waals surface area (Å²) in [6.07, 6.45) is 11.6. The van der Waals surface area contributed by atoms with Gasteiger partial charge in [0.1, 0.15) is 0 Å². The first-order chi connectivity index (χ1) is 6.30. The Morgan fingerprint density at radius 2 is 1.38 bits per heavy atom. The zero-order valence-corrected chi connectivity index (χ0v) is 9.59. The van der Waals surface area contributed by atoms with E-state index in [0.29, 0.717) is 5.41 Å². The highest BCUT2D eigenvalue weighted by molar-refractivity contribution is 9.11. The Bertz CT molecular complexity index is 206. The summed E-state index contributed by atoms with van der Waals surface area (Å²) < 4.78 is 0. The van der Waals surface area contributed by atoms with Crippen LogP contribution in [0.3, 0.4) is 0 Å². The number of allylic oxidation sites excluding steroid dienone is 1.